The molecule has 0 saturated carbocycles. The molecule has 6 nitrogen and oxygen atoms in total. The maximum absolute atomic E-state index is 12.6. The first-order chi connectivity index (χ1) is 15.1. The van der Waals surface area contributed by atoms with Gasteiger partial charge in [-0.2, -0.15) is 0 Å². The number of aromatic hydroxyl groups is 1. The molecular formula is C25H32N2O4. The van der Waals surface area contributed by atoms with Crippen molar-refractivity contribution in [1.29, 1.82) is 0 Å². The second-order valence-corrected chi connectivity index (χ2v) is 8.77. The van der Waals surface area contributed by atoms with Crippen molar-refractivity contribution < 1.29 is 19.7 Å². The molecule has 1 amide bonds. The zero-order valence-corrected chi connectivity index (χ0v) is 17.9. The van der Waals surface area contributed by atoms with Gasteiger partial charge < -0.3 is 20.3 Å². The molecule has 31 heavy (non-hydrogen) atoms. The minimum Gasteiger partial charge on any atom is -0.508 e. The predicted molar refractivity (Wildman–Crippen MR) is 119 cm³/mol. The molecule has 2 atom stereocenters. The zero-order chi connectivity index (χ0) is 21.6. The Morgan fingerprint density at radius 3 is 2.71 bits per heavy atom. The summed E-state index contributed by atoms with van der Waals surface area (Å²) in [6, 6.07) is 13.6. The standard InChI is InChI=1S/C25H32N2O4/c28-11-10-26-25(30)22-12-19(15-27(16-22)14-18-4-7-23(29)8-5-18)17-31-24-9-6-20-2-1-3-21(20)13-24/h4-9,13,19,22,28-29H,1-3,10-12,14-17H2,(H,26,30)/t19-,22+/m0/s1. The third-order valence-corrected chi connectivity index (χ3v) is 6.29. The van der Waals surface area contributed by atoms with E-state index in [-0.39, 0.29) is 36.6 Å². The van der Waals surface area contributed by atoms with Gasteiger partial charge in [0, 0.05) is 32.1 Å². The van der Waals surface area contributed by atoms with E-state index < -0.39 is 0 Å². The van der Waals surface area contributed by atoms with Crippen molar-refractivity contribution in [1.82, 2.24) is 10.2 Å². The minimum absolute atomic E-state index is 0.00742. The molecule has 1 aliphatic heterocycles. The van der Waals surface area contributed by atoms with Gasteiger partial charge in [0.1, 0.15) is 11.5 Å². The Bertz CT molecular complexity index is 884. The van der Waals surface area contributed by atoms with E-state index in [2.05, 4.69) is 28.4 Å². The Hall–Kier alpha value is -2.57. The number of amides is 1. The molecular weight excluding hydrogens is 392 g/mol. The largest absolute Gasteiger partial charge is 0.508 e. The van der Waals surface area contributed by atoms with Crippen LogP contribution in [0.15, 0.2) is 42.5 Å². The number of rotatable bonds is 8. The molecule has 1 heterocycles. The fraction of sp³-hybridized carbons (Fsp3) is 0.480. The molecule has 1 saturated heterocycles. The quantitative estimate of drug-likeness (QED) is 0.607. The van der Waals surface area contributed by atoms with Crippen LogP contribution in [0.3, 0.4) is 0 Å². The predicted octanol–water partition coefficient (Wildman–Crippen LogP) is 2.51. The molecule has 2 aromatic carbocycles. The summed E-state index contributed by atoms with van der Waals surface area (Å²) in [5.41, 5.74) is 3.94. The highest BCUT2D eigenvalue weighted by Gasteiger charge is 2.32. The highest BCUT2D eigenvalue weighted by Crippen LogP contribution is 2.28. The maximum Gasteiger partial charge on any atom is 0.224 e. The molecule has 0 bridgehead atoms. The Kier molecular flexibility index (Phi) is 7.10. The number of carbonyl (C=O) groups excluding carboxylic acids is 1. The number of aryl methyl sites for hydroxylation is 2. The molecule has 6 heteroatoms. The zero-order valence-electron chi connectivity index (χ0n) is 17.9. The summed E-state index contributed by atoms with van der Waals surface area (Å²) in [7, 11) is 0. The molecule has 3 N–H and O–H groups in total. The van der Waals surface area contributed by atoms with Gasteiger partial charge in [-0.05, 0) is 66.6 Å². The summed E-state index contributed by atoms with van der Waals surface area (Å²) >= 11 is 0. The lowest BCUT2D eigenvalue weighted by Crippen LogP contribution is -2.47. The number of aliphatic hydroxyl groups excluding tert-OH is 1. The first kappa shape index (κ1) is 21.7. The maximum atomic E-state index is 12.6. The van der Waals surface area contributed by atoms with Gasteiger partial charge in [-0.25, -0.2) is 0 Å². The number of nitrogens with zero attached hydrogens (tertiary/aromatic N) is 1. The van der Waals surface area contributed by atoms with Crippen LogP contribution < -0.4 is 10.1 Å². The molecule has 0 radical (unpaired) electrons. The summed E-state index contributed by atoms with van der Waals surface area (Å²) < 4.78 is 6.16. The van der Waals surface area contributed by atoms with E-state index in [1.54, 1.807) is 12.1 Å². The first-order valence-corrected chi connectivity index (χ1v) is 11.2. The molecule has 166 valence electrons. The Labute approximate surface area is 183 Å². The number of phenolic OH excluding ortho intramolecular Hbond substituents is 1. The number of likely N-dealkylation sites (tertiary alicyclic amines) is 1. The van der Waals surface area contributed by atoms with Gasteiger partial charge in [0.25, 0.3) is 0 Å². The number of phenols is 1. The van der Waals surface area contributed by atoms with Crippen molar-refractivity contribution >= 4 is 5.91 Å². The molecule has 4 rings (SSSR count). The average molecular weight is 425 g/mol. The summed E-state index contributed by atoms with van der Waals surface area (Å²) in [5, 5.41) is 21.4. The minimum atomic E-state index is -0.133. The lowest BCUT2D eigenvalue weighted by Gasteiger charge is -2.37. The van der Waals surface area contributed by atoms with Crippen molar-refractivity contribution in [3.8, 4) is 11.5 Å². The highest BCUT2D eigenvalue weighted by atomic mass is 16.5. The molecule has 0 spiro atoms. The van der Waals surface area contributed by atoms with E-state index in [0.29, 0.717) is 13.2 Å². The van der Waals surface area contributed by atoms with Crippen LogP contribution in [0.2, 0.25) is 0 Å². The van der Waals surface area contributed by atoms with E-state index in [1.165, 1.54) is 17.5 Å². The third-order valence-electron chi connectivity index (χ3n) is 6.29. The second kappa shape index (κ2) is 10.2. The van der Waals surface area contributed by atoms with Crippen LogP contribution in [0, 0.1) is 11.8 Å². The highest BCUT2D eigenvalue weighted by molar-refractivity contribution is 5.79. The number of carbonyl (C=O) groups is 1. The lowest BCUT2D eigenvalue weighted by molar-refractivity contribution is -0.128. The average Bonchev–Trinajstić information content (AvgIpc) is 3.25. The Morgan fingerprint density at radius 2 is 1.90 bits per heavy atom. The normalized spacial score (nSPS) is 20.9. The van der Waals surface area contributed by atoms with Gasteiger partial charge in [-0.15, -0.1) is 0 Å². The van der Waals surface area contributed by atoms with E-state index in [9.17, 15) is 9.90 Å². The number of piperidine rings is 1. The first-order valence-electron chi connectivity index (χ1n) is 11.2. The SMILES string of the molecule is O=C(NCCO)[C@@H]1C[C@H](COc2ccc3c(c2)CCC3)CN(Cc2ccc(O)cc2)C1. The topological polar surface area (TPSA) is 82.0 Å². The molecule has 2 aliphatic rings. The molecule has 2 aromatic rings. The number of hydrogen-bond acceptors (Lipinski definition) is 5. The summed E-state index contributed by atoms with van der Waals surface area (Å²) in [6.45, 7) is 3.06. The lowest BCUT2D eigenvalue weighted by atomic mass is 9.88. The summed E-state index contributed by atoms with van der Waals surface area (Å²) in [5.74, 6) is 1.27. The van der Waals surface area contributed by atoms with Crippen LogP contribution in [0.5, 0.6) is 11.5 Å². The van der Waals surface area contributed by atoms with Crippen LogP contribution in [-0.2, 0) is 24.2 Å². The van der Waals surface area contributed by atoms with Gasteiger partial charge in [0.05, 0.1) is 19.1 Å². The van der Waals surface area contributed by atoms with Gasteiger partial charge in [-0.3, -0.25) is 9.69 Å². The van der Waals surface area contributed by atoms with Crippen LogP contribution in [0.1, 0.15) is 29.5 Å². The molecule has 0 aromatic heterocycles. The smallest absolute Gasteiger partial charge is 0.224 e. The fourth-order valence-electron chi connectivity index (χ4n) is 4.78. The van der Waals surface area contributed by atoms with Crippen molar-refractivity contribution in [3.05, 3.63) is 59.2 Å². The van der Waals surface area contributed by atoms with Crippen LogP contribution in [0.25, 0.3) is 0 Å². The van der Waals surface area contributed by atoms with E-state index in [4.69, 9.17) is 9.84 Å². The monoisotopic (exact) mass is 424 g/mol. The molecule has 1 fully saturated rings. The van der Waals surface area contributed by atoms with E-state index in [1.807, 2.05) is 12.1 Å². The van der Waals surface area contributed by atoms with Crippen LogP contribution >= 0.6 is 0 Å². The number of benzene rings is 2. The number of aliphatic hydroxyl groups is 1. The van der Waals surface area contributed by atoms with Gasteiger partial charge in [-0.1, -0.05) is 18.2 Å². The second-order valence-electron chi connectivity index (χ2n) is 8.77. The van der Waals surface area contributed by atoms with E-state index >= 15 is 0 Å². The van der Waals surface area contributed by atoms with E-state index in [0.717, 1.165) is 43.7 Å². The summed E-state index contributed by atoms with van der Waals surface area (Å²) in [6.07, 6.45) is 4.28. The Morgan fingerprint density at radius 1 is 1.10 bits per heavy atom. The number of ether oxygens (including phenoxy) is 1. The fourth-order valence-corrected chi connectivity index (χ4v) is 4.78. The Balaban J connectivity index is 1.40. The van der Waals surface area contributed by atoms with Crippen molar-refractivity contribution in [2.24, 2.45) is 11.8 Å². The van der Waals surface area contributed by atoms with Gasteiger partial charge in [0.2, 0.25) is 5.91 Å². The van der Waals surface area contributed by atoms with Gasteiger partial charge in [0.15, 0.2) is 0 Å². The van der Waals surface area contributed by atoms with Crippen LogP contribution in [-0.4, -0.2) is 53.9 Å². The van der Waals surface area contributed by atoms with Crippen molar-refractivity contribution in [2.75, 3.05) is 32.8 Å². The molecule has 1 aliphatic carbocycles. The van der Waals surface area contributed by atoms with Crippen LogP contribution in [0.4, 0.5) is 0 Å². The summed E-state index contributed by atoms with van der Waals surface area (Å²) in [4.78, 5) is 14.9. The molecule has 0 unspecified atom stereocenters. The number of nitrogens with one attached hydrogen (secondary N) is 1. The number of hydrogen-bond donors (Lipinski definition) is 3. The van der Waals surface area contributed by atoms with Crippen molar-refractivity contribution in [3.63, 3.8) is 0 Å². The van der Waals surface area contributed by atoms with Gasteiger partial charge >= 0.3 is 0 Å². The van der Waals surface area contributed by atoms with Crippen molar-refractivity contribution in [2.45, 2.75) is 32.2 Å². The number of fused-ring (bicyclic) bond motifs is 1. The third kappa shape index (κ3) is 5.77.